The van der Waals surface area contributed by atoms with Crippen LogP contribution in [-0.2, 0) is 9.84 Å². The molecule has 1 aliphatic rings. The minimum Gasteiger partial charge on any atom is -0.393 e. The summed E-state index contributed by atoms with van der Waals surface area (Å²) in [6, 6.07) is 4.87. The Morgan fingerprint density at radius 2 is 1.78 bits per heavy atom. The number of anilines is 1. The zero-order valence-electron chi connectivity index (χ0n) is 17.4. The fraction of sp³-hybridized carbons (Fsp3) is 0.409. The zero-order valence-corrected chi connectivity index (χ0v) is 19.0. The molecular weight excluding hydrogens is 467 g/mol. The van der Waals surface area contributed by atoms with Crippen molar-refractivity contribution in [3.63, 3.8) is 0 Å². The van der Waals surface area contributed by atoms with Gasteiger partial charge in [-0.15, -0.1) is 0 Å². The van der Waals surface area contributed by atoms with Crippen LogP contribution in [0.3, 0.4) is 0 Å². The van der Waals surface area contributed by atoms with E-state index in [9.17, 15) is 31.5 Å². The first kappa shape index (κ1) is 24.5. The minimum absolute atomic E-state index is 0.0627. The van der Waals surface area contributed by atoms with E-state index >= 15 is 0 Å². The molecule has 2 aromatic carbocycles. The second kappa shape index (κ2) is 9.41. The molecule has 2 aromatic rings. The molecule has 5 nitrogen and oxygen atoms in total. The van der Waals surface area contributed by atoms with E-state index in [0.29, 0.717) is 18.6 Å². The maximum atomic E-state index is 13.4. The monoisotopic (exact) mass is 489 g/mol. The predicted octanol–water partition coefficient (Wildman–Crippen LogP) is 4.97. The highest BCUT2D eigenvalue weighted by molar-refractivity contribution is 7.92. The first-order valence-corrected chi connectivity index (χ1v) is 12.1. The topological polar surface area (TPSA) is 83.5 Å². The number of amides is 1. The van der Waals surface area contributed by atoms with E-state index in [-0.39, 0.29) is 45.8 Å². The Hall–Kier alpha value is -2.10. The second-order valence-corrected chi connectivity index (χ2v) is 10.7. The molecule has 10 heteroatoms. The van der Waals surface area contributed by atoms with Crippen LogP contribution in [0.1, 0.15) is 43.5 Å². The molecule has 1 fully saturated rings. The summed E-state index contributed by atoms with van der Waals surface area (Å²) in [4.78, 5) is 12.3. The van der Waals surface area contributed by atoms with E-state index in [1.807, 2.05) is 6.92 Å². The fourth-order valence-corrected chi connectivity index (χ4v) is 6.61. The number of benzene rings is 2. The Balaban J connectivity index is 1.90. The van der Waals surface area contributed by atoms with Gasteiger partial charge < -0.3 is 10.4 Å². The highest BCUT2D eigenvalue weighted by Crippen LogP contribution is 2.38. The summed E-state index contributed by atoms with van der Waals surface area (Å²) in [7, 11) is -3.93. The molecule has 0 heterocycles. The molecule has 2 N–H and O–H groups in total. The first-order chi connectivity index (χ1) is 14.9. The quantitative estimate of drug-likeness (QED) is 0.581. The molecule has 1 aliphatic carbocycles. The van der Waals surface area contributed by atoms with Crippen LogP contribution in [-0.4, -0.2) is 30.8 Å². The van der Waals surface area contributed by atoms with Crippen molar-refractivity contribution >= 4 is 33.0 Å². The van der Waals surface area contributed by atoms with E-state index in [0.717, 1.165) is 6.07 Å². The predicted molar refractivity (Wildman–Crippen MR) is 115 cm³/mol. The molecule has 1 unspecified atom stereocenters. The Kier molecular flexibility index (Phi) is 7.21. The average molecular weight is 490 g/mol. The van der Waals surface area contributed by atoms with Crippen LogP contribution in [0.25, 0.3) is 0 Å². The Bertz CT molecular complexity index is 1120. The Morgan fingerprint density at radius 3 is 2.38 bits per heavy atom. The number of carbonyl (C=O) groups excluding carboxylic acids is 1. The smallest absolute Gasteiger partial charge is 0.255 e. The van der Waals surface area contributed by atoms with E-state index < -0.39 is 44.5 Å². The van der Waals surface area contributed by atoms with E-state index in [1.54, 1.807) is 6.92 Å². The molecule has 1 amide bonds. The van der Waals surface area contributed by atoms with Gasteiger partial charge in [0.25, 0.3) is 5.91 Å². The number of hydrogen-bond acceptors (Lipinski definition) is 4. The number of aliphatic hydroxyl groups excluding tert-OH is 1. The maximum Gasteiger partial charge on any atom is 0.255 e. The van der Waals surface area contributed by atoms with Crippen molar-refractivity contribution in [2.75, 3.05) is 5.32 Å². The van der Waals surface area contributed by atoms with Crippen molar-refractivity contribution in [2.24, 2.45) is 11.8 Å². The zero-order chi connectivity index (χ0) is 23.8. The number of carbonyl (C=O) groups is 1. The van der Waals surface area contributed by atoms with Gasteiger partial charge in [-0.25, -0.2) is 21.6 Å². The lowest BCUT2D eigenvalue weighted by atomic mass is 9.78. The van der Waals surface area contributed by atoms with Gasteiger partial charge in [-0.05, 0) is 42.9 Å². The van der Waals surface area contributed by atoms with Gasteiger partial charge in [0, 0.05) is 23.4 Å². The van der Waals surface area contributed by atoms with E-state index in [1.165, 1.54) is 12.1 Å². The van der Waals surface area contributed by atoms with Crippen LogP contribution in [0, 0.1) is 29.3 Å². The van der Waals surface area contributed by atoms with E-state index in [4.69, 9.17) is 11.6 Å². The molecule has 1 saturated carbocycles. The molecule has 174 valence electrons. The van der Waals surface area contributed by atoms with Crippen LogP contribution in [0.5, 0.6) is 0 Å². The second-order valence-electron chi connectivity index (χ2n) is 8.13. The Morgan fingerprint density at radius 1 is 1.16 bits per heavy atom. The number of aliphatic hydroxyl groups is 1. The lowest BCUT2D eigenvalue weighted by molar-refractivity contribution is 0.0250. The van der Waals surface area contributed by atoms with Crippen LogP contribution in [0.15, 0.2) is 35.2 Å². The SMILES string of the molecule is CCC1C[C@@H](S(=O)(=O)c2cc(C(=O)Nc3cc(F)c(F)c(F)c3)ccc2Cl)C[C@H](C)[C@@H]1O. The Labute approximate surface area is 189 Å². The van der Waals surface area contributed by atoms with Crippen LogP contribution < -0.4 is 5.32 Å². The minimum atomic E-state index is -3.93. The van der Waals surface area contributed by atoms with Crippen molar-refractivity contribution in [3.05, 3.63) is 58.4 Å². The lowest BCUT2D eigenvalue weighted by Gasteiger charge is -2.37. The van der Waals surface area contributed by atoms with Crippen molar-refractivity contribution in [2.45, 2.75) is 49.4 Å². The first-order valence-electron chi connectivity index (χ1n) is 10.1. The molecule has 0 aromatic heterocycles. The van der Waals surface area contributed by atoms with Crippen molar-refractivity contribution in [1.29, 1.82) is 0 Å². The number of halogens is 4. The van der Waals surface area contributed by atoms with Crippen molar-refractivity contribution < 1.29 is 31.5 Å². The maximum absolute atomic E-state index is 13.4. The van der Waals surface area contributed by atoms with Crippen LogP contribution in [0.4, 0.5) is 18.9 Å². The standard InChI is InChI=1S/C22H23ClF3NO4S/c1-3-12-7-15(6-11(2)21(12)28)32(30,31)19-8-13(4-5-16(19)23)22(29)27-14-9-17(24)20(26)18(25)10-14/h4-5,8-12,15,21,28H,3,6-7H2,1-2H3,(H,27,29)/t11-,12?,15-,21-/m0/s1. The third-order valence-corrected chi connectivity index (χ3v) is 8.63. The summed E-state index contributed by atoms with van der Waals surface area (Å²) in [6.07, 6.45) is 0.556. The summed E-state index contributed by atoms with van der Waals surface area (Å²) in [5, 5.41) is 11.7. The van der Waals surface area contributed by atoms with Gasteiger partial charge in [0.15, 0.2) is 27.3 Å². The fourth-order valence-electron chi connectivity index (χ4n) is 4.13. The van der Waals surface area contributed by atoms with Gasteiger partial charge in [-0.1, -0.05) is 31.9 Å². The molecule has 0 aliphatic heterocycles. The van der Waals surface area contributed by atoms with Crippen molar-refractivity contribution in [1.82, 2.24) is 0 Å². The average Bonchev–Trinajstić information content (AvgIpc) is 2.73. The largest absolute Gasteiger partial charge is 0.393 e. The highest BCUT2D eigenvalue weighted by atomic mass is 35.5. The molecule has 32 heavy (non-hydrogen) atoms. The molecule has 0 saturated heterocycles. The summed E-state index contributed by atoms with van der Waals surface area (Å²) in [6.45, 7) is 3.68. The molecule has 3 rings (SSSR count). The number of nitrogens with one attached hydrogen (secondary N) is 1. The van der Waals surface area contributed by atoms with Gasteiger partial charge in [0.05, 0.1) is 21.3 Å². The third-order valence-electron chi connectivity index (χ3n) is 5.97. The molecule has 0 radical (unpaired) electrons. The van der Waals surface area contributed by atoms with Gasteiger partial charge in [-0.3, -0.25) is 4.79 Å². The van der Waals surface area contributed by atoms with Crippen LogP contribution >= 0.6 is 11.6 Å². The summed E-state index contributed by atoms with van der Waals surface area (Å²) in [5.74, 6) is -5.85. The highest BCUT2D eigenvalue weighted by Gasteiger charge is 2.40. The summed E-state index contributed by atoms with van der Waals surface area (Å²) in [5.41, 5.74) is -0.430. The van der Waals surface area contributed by atoms with Gasteiger partial charge >= 0.3 is 0 Å². The van der Waals surface area contributed by atoms with Crippen molar-refractivity contribution in [3.8, 4) is 0 Å². The summed E-state index contributed by atoms with van der Waals surface area (Å²) >= 11 is 6.16. The number of sulfone groups is 1. The molecule has 0 bridgehead atoms. The molecule has 0 spiro atoms. The number of rotatable bonds is 5. The lowest BCUT2D eigenvalue weighted by Crippen LogP contribution is -2.41. The molecular formula is C22H23ClF3NO4S. The normalized spacial score (nSPS) is 23.7. The van der Waals surface area contributed by atoms with E-state index in [2.05, 4.69) is 5.32 Å². The third kappa shape index (κ3) is 4.79. The van der Waals surface area contributed by atoms with Gasteiger partial charge in [0.2, 0.25) is 0 Å². The number of hydrogen-bond donors (Lipinski definition) is 2. The molecule has 4 atom stereocenters. The van der Waals surface area contributed by atoms with Gasteiger partial charge in [-0.2, -0.15) is 0 Å². The summed E-state index contributed by atoms with van der Waals surface area (Å²) < 4.78 is 66.6. The van der Waals surface area contributed by atoms with Crippen LogP contribution in [0.2, 0.25) is 5.02 Å². The van der Waals surface area contributed by atoms with Gasteiger partial charge in [0.1, 0.15) is 0 Å².